The molecule has 1 aromatic heterocycles. The number of ether oxygens (including phenoxy) is 2. The zero-order valence-corrected chi connectivity index (χ0v) is 13.1. The molecule has 0 aliphatic carbocycles. The fourth-order valence-corrected chi connectivity index (χ4v) is 2.31. The first-order chi connectivity index (χ1) is 10.1. The Bertz CT molecular complexity index is 560. The van der Waals surface area contributed by atoms with Crippen molar-refractivity contribution in [2.24, 2.45) is 0 Å². The van der Waals surface area contributed by atoms with E-state index in [1.165, 1.54) is 5.56 Å². The summed E-state index contributed by atoms with van der Waals surface area (Å²) in [5, 5.41) is 3.44. The highest BCUT2D eigenvalue weighted by molar-refractivity contribution is 5.31. The van der Waals surface area contributed by atoms with Gasteiger partial charge in [-0.05, 0) is 51.1 Å². The second-order valence-electron chi connectivity index (χ2n) is 5.07. The molecule has 0 aliphatic rings. The Morgan fingerprint density at radius 3 is 2.38 bits per heavy atom. The lowest BCUT2D eigenvalue weighted by Crippen LogP contribution is -2.24. The predicted octanol–water partition coefficient (Wildman–Crippen LogP) is 3.63. The molecule has 1 heterocycles. The van der Waals surface area contributed by atoms with Crippen molar-refractivity contribution in [2.75, 3.05) is 20.3 Å². The number of hydrogen-bond donors (Lipinski definition) is 1. The lowest BCUT2D eigenvalue weighted by Gasteiger charge is -2.13. The molecule has 0 amide bonds. The normalized spacial score (nSPS) is 12.2. The quantitative estimate of drug-likeness (QED) is 0.790. The number of nitrogens with one attached hydrogen (secondary N) is 1. The van der Waals surface area contributed by atoms with Crippen molar-refractivity contribution in [3.63, 3.8) is 0 Å². The molecule has 1 aromatic carbocycles. The highest BCUT2D eigenvalue weighted by Crippen LogP contribution is 2.21. The summed E-state index contributed by atoms with van der Waals surface area (Å²) in [6, 6.07) is 9.93. The van der Waals surface area contributed by atoms with Crippen molar-refractivity contribution in [3.8, 4) is 11.5 Å². The molecule has 114 valence electrons. The van der Waals surface area contributed by atoms with Crippen LogP contribution in [0.25, 0.3) is 0 Å². The van der Waals surface area contributed by atoms with Gasteiger partial charge in [-0.25, -0.2) is 0 Å². The van der Waals surface area contributed by atoms with E-state index in [2.05, 4.69) is 18.3 Å². The third-order valence-corrected chi connectivity index (χ3v) is 3.43. The molecule has 1 N–H and O–H groups in total. The molecular weight excluding hydrogens is 266 g/mol. The number of rotatable bonds is 7. The summed E-state index contributed by atoms with van der Waals surface area (Å²) in [7, 11) is 1.65. The van der Waals surface area contributed by atoms with Gasteiger partial charge >= 0.3 is 0 Å². The van der Waals surface area contributed by atoms with Gasteiger partial charge < -0.3 is 19.2 Å². The number of benzene rings is 1. The Hall–Kier alpha value is -1.94. The minimum atomic E-state index is 0.252. The van der Waals surface area contributed by atoms with E-state index >= 15 is 0 Å². The molecule has 1 unspecified atom stereocenters. The van der Waals surface area contributed by atoms with Crippen molar-refractivity contribution in [3.05, 3.63) is 47.4 Å². The van der Waals surface area contributed by atoms with Crippen LogP contribution in [0.4, 0.5) is 0 Å². The van der Waals surface area contributed by atoms with E-state index in [-0.39, 0.29) is 6.04 Å². The van der Waals surface area contributed by atoms with Gasteiger partial charge in [0.2, 0.25) is 0 Å². The monoisotopic (exact) mass is 289 g/mol. The Balaban J connectivity index is 1.75. The van der Waals surface area contributed by atoms with Gasteiger partial charge in [0.1, 0.15) is 29.6 Å². The zero-order valence-electron chi connectivity index (χ0n) is 13.1. The largest absolute Gasteiger partial charge is 0.497 e. The molecule has 0 aliphatic heterocycles. The molecule has 0 fully saturated rings. The second kappa shape index (κ2) is 7.18. The lowest BCUT2D eigenvalue weighted by atomic mass is 10.1. The van der Waals surface area contributed by atoms with Gasteiger partial charge in [-0.2, -0.15) is 0 Å². The third kappa shape index (κ3) is 4.26. The van der Waals surface area contributed by atoms with Crippen LogP contribution < -0.4 is 14.8 Å². The molecule has 2 rings (SSSR count). The van der Waals surface area contributed by atoms with Crippen LogP contribution in [-0.4, -0.2) is 20.3 Å². The predicted molar refractivity (Wildman–Crippen MR) is 83.1 cm³/mol. The number of methoxy groups -OCH3 is 1. The van der Waals surface area contributed by atoms with Gasteiger partial charge in [-0.15, -0.1) is 0 Å². The third-order valence-electron chi connectivity index (χ3n) is 3.43. The molecular formula is C17H23NO3. The summed E-state index contributed by atoms with van der Waals surface area (Å²) in [5.41, 5.74) is 1.21. The van der Waals surface area contributed by atoms with Crippen LogP contribution in [0.2, 0.25) is 0 Å². The van der Waals surface area contributed by atoms with Gasteiger partial charge in [0, 0.05) is 18.2 Å². The highest BCUT2D eigenvalue weighted by atomic mass is 16.5. The summed E-state index contributed by atoms with van der Waals surface area (Å²) in [6.45, 7) is 7.48. The topological polar surface area (TPSA) is 43.6 Å². The molecule has 0 spiro atoms. The van der Waals surface area contributed by atoms with Crippen LogP contribution >= 0.6 is 0 Å². The van der Waals surface area contributed by atoms with E-state index in [4.69, 9.17) is 13.9 Å². The Morgan fingerprint density at radius 1 is 1.14 bits per heavy atom. The van der Waals surface area contributed by atoms with Crippen LogP contribution in [0.3, 0.4) is 0 Å². The van der Waals surface area contributed by atoms with Gasteiger partial charge in [0.15, 0.2) is 0 Å². The van der Waals surface area contributed by atoms with Crippen LogP contribution in [0.1, 0.15) is 30.0 Å². The van der Waals surface area contributed by atoms with E-state index < -0.39 is 0 Å². The summed E-state index contributed by atoms with van der Waals surface area (Å²) in [6.07, 6.45) is 0. The van der Waals surface area contributed by atoms with E-state index in [0.717, 1.165) is 29.6 Å². The standard InChI is InChI=1S/C17H23NO3/c1-12-11-17(14(3)21-12)13(2)18-9-10-20-16-7-5-15(19-4)6-8-16/h5-8,11,13,18H,9-10H2,1-4H3. The fourth-order valence-electron chi connectivity index (χ4n) is 2.31. The molecule has 1 atom stereocenters. The molecule has 0 saturated heterocycles. The van der Waals surface area contributed by atoms with Crippen molar-refractivity contribution in [2.45, 2.75) is 26.8 Å². The summed E-state index contributed by atoms with van der Waals surface area (Å²) < 4.78 is 16.3. The van der Waals surface area contributed by atoms with E-state index in [1.54, 1.807) is 7.11 Å². The fraction of sp³-hybridized carbons (Fsp3) is 0.412. The van der Waals surface area contributed by atoms with Crippen LogP contribution in [0, 0.1) is 13.8 Å². The Kier molecular flexibility index (Phi) is 5.28. The van der Waals surface area contributed by atoms with E-state index in [0.29, 0.717) is 6.61 Å². The summed E-state index contributed by atoms with van der Waals surface area (Å²) >= 11 is 0. The van der Waals surface area contributed by atoms with Gasteiger partial charge in [-0.1, -0.05) is 0 Å². The molecule has 0 saturated carbocycles. The van der Waals surface area contributed by atoms with Gasteiger partial charge in [-0.3, -0.25) is 0 Å². The first kappa shape index (κ1) is 15.4. The van der Waals surface area contributed by atoms with Crippen LogP contribution in [0.5, 0.6) is 11.5 Å². The maximum atomic E-state index is 5.69. The van der Waals surface area contributed by atoms with E-state index in [1.807, 2.05) is 38.1 Å². The maximum absolute atomic E-state index is 5.69. The summed E-state index contributed by atoms with van der Waals surface area (Å²) in [5.74, 6) is 3.61. The Morgan fingerprint density at radius 2 is 1.81 bits per heavy atom. The first-order valence-electron chi connectivity index (χ1n) is 7.17. The highest BCUT2D eigenvalue weighted by Gasteiger charge is 2.11. The Labute approximate surface area is 126 Å². The second-order valence-corrected chi connectivity index (χ2v) is 5.07. The minimum absolute atomic E-state index is 0.252. The average molecular weight is 289 g/mol. The zero-order chi connectivity index (χ0) is 15.2. The smallest absolute Gasteiger partial charge is 0.119 e. The van der Waals surface area contributed by atoms with Crippen molar-refractivity contribution in [1.82, 2.24) is 5.32 Å². The molecule has 4 nitrogen and oxygen atoms in total. The lowest BCUT2D eigenvalue weighted by molar-refractivity contribution is 0.306. The maximum Gasteiger partial charge on any atom is 0.119 e. The number of furan rings is 1. The SMILES string of the molecule is COc1ccc(OCCNC(C)c2cc(C)oc2C)cc1. The first-order valence-corrected chi connectivity index (χ1v) is 7.17. The van der Waals surface area contributed by atoms with Gasteiger partial charge in [0.25, 0.3) is 0 Å². The van der Waals surface area contributed by atoms with Crippen molar-refractivity contribution < 1.29 is 13.9 Å². The number of hydrogen-bond acceptors (Lipinski definition) is 4. The molecule has 0 bridgehead atoms. The van der Waals surface area contributed by atoms with Crippen molar-refractivity contribution >= 4 is 0 Å². The van der Waals surface area contributed by atoms with Gasteiger partial charge in [0.05, 0.1) is 7.11 Å². The molecule has 4 heteroatoms. The van der Waals surface area contributed by atoms with Crippen LogP contribution in [-0.2, 0) is 0 Å². The molecule has 21 heavy (non-hydrogen) atoms. The minimum Gasteiger partial charge on any atom is -0.497 e. The van der Waals surface area contributed by atoms with Crippen LogP contribution in [0.15, 0.2) is 34.7 Å². The molecule has 2 aromatic rings. The average Bonchev–Trinajstić information content (AvgIpc) is 2.83. The van der Waals surface area contributed by atoms with Crippen molar-refractivity contribution in [1.29, 1.82) is 0 Å². The number of aryl methyl sites for hydroxylation is 2. The molecule has 0 radical (unpaired) electrons. The summed E-state index contributed by atoms with van der Waals surface area (Å²) in [4.78, 5) is 0. The van der Waals surface area contributed by atoms with E-state index in [9.17, 15) is 0 Å².